The van der Waals surface area contributed by atoms with E-state index in [1.807, 2.05) is 21.3 Å². The van der Waals surface area contributed by atoms with Gasteiger partial charge in [0.15, 0.2) is 5.69 Å². The van der Waals surface area contributed by atoms with Crippen LogP contribution in [0.2, 0.25) is 0 Å². The average Bonchev–Trinajstić information content (AvgIpc) is 4.00. The number of para-hydroxylation sites is 2. The average molecular weight is 1040 g/mol. The van der Waals surface area contributed by atoms with E-state index in [0.717, 1.165) is 24.3 Å². The fourth-order valence-corrected chi connectivity index (χ4v) is 10.4. The van der Waals surface area contributed by atoms with Crippen LogP contribution in [0.15, 0.2) is 176 Å². The van der Waals surface area contributed by atoms with Gasteiger partial charge in [0.05, 0.1) is 62.3 Å². The van der Waals surface area contributed by atoms with E-state index in [1.54, 1.807) is 117 Å². The molecule has 0 aliphatic rings. The number of fused-ring (bicyclic) bond motifs is 6. The van der Waals surface area contributed by atoms with Gasteiger partial charge in [-0.3, -0.25) is 0 Å². The van der Waals surface area contributed by atoms with Gasteiger partial charge in [0, 0.05) is 27.1 Å². The van der Waals surface area contributed by atoms with Crippen LogP contribution >= 0.6 is 0 Å². The van der Waals surface area contributed by atoms with Crippen LogP contribution in [-0.4, -0.2) is 9.13 Å². The minimum atomic E-state index is -5.14. The Morgan fingerprint density at radius 3 is 1.36 bits per heavy atom. The molecule has 76 heavy (non-hydrogen) atoms. The Bertz CT molecular complexity index is 4220. The Kier molecular flexibility index (Phi) is 11.5. The number of hydrogen-bond donors (Lipinski definition) is 0. The van der Waals surface area contributed by atoms with Crippen LogP contribution in [0, 0.1) is 20.4 Å². The quantitative estimate of drug-likeness (QED) is 0.116. The fraction of sp³-hybridized carbons (Fsp3) is 0.0984. The number of hydrogen-bond acceptors (Lipinski definition) is 0. The predicted molar refractivity (Wildman–Crippen MR) is 273 cm³/mol. The summed E-state index contributed by atoms with van der Waals surface area (Å²) in [7, 11) is 0. The van der Waals surface area contributed by atoms with E-state index >= 15 is 0 Å². The number of rotatable bonds is 6. The SMILES string of the molecule is [C-]#[N+]c1ccc(-n2c3ccccc3c3cc(-c4ccc(C(F)(F)F)cc4C(F)(F)F)ccc32)c(-c2ccc(-c3ccc(C(F)(F)F)cc3C)cc2-n2c3ccccc3c3cc(-c4ccc(C)cc4C(F)(F)F)ccc32)c1. The van der Waals surface area contributed by atoms with Crippen LogP contribution in [0.4, 0.5) is 58.4 Å². The highest BCUT2D eigenvalue weighted by atomic mass is 19.4. The first-order valence-corrected chi connectivity index (χ1v) is 23.4. The Morgan fingerprint density at radius 2 is 0.816 bits per heavy atom. The number of aryl methyl sites for hydroxylation is 2. The second-order valence-corrected chi connectivity index (χ2v) is 18.5. The zero-order chi connectivity index (χ0) is 53.8. The molecule has 3 nitrogen and oxygen atoms in total. The van der Waals surface area contributed by atoms with Crippen molar-refractivity contribution >= 4 is 49.3 Å². The van der Waals surface area contributed by atoms with Gasteiger partial charge in [-0.15, -0.1) is 0 Å². The summed E-state index contributed by atoms with van der Waals surface area (Å²) < 4.78 is 174. The normalized spacial score (nSPS) is 12.6. The van der Waals surface area contributed by atoms with Crippen molar-refractivity contribution in [1.29, 1.82) is 0 Å². The van der Waals surface area contributed by atoms with Gasteiger partial charge in [-0.1, -0.05) is 96.6 Å². The van der Waals surface area contributed by atoms with E-state index < -0.39 is 52.5 Å². The smallest absolute Gasteiger partial charge is 0.309 e. The number of nitrogens with zero attached hydrogens (tertiary/aromatic N) is 3. The molecule has 0 N–H and O–H groups in total. The topological polar surface area (TPSA) is 14.2 Å². The molecule has 0 bridgehead atoms. The number of benzene rings is 9. The molecule has 0 spiro atoms. The number of aromatic nitrogens is 2. The minimum absolute atomic E-state index is 0.00277. The lowest BCUT2D eigenvalue weighted by molar-refractivity contribution is -0.143. The minimum Gasteiger partial charge on any atom is -0.309 e. The van der Waals surface area contributed by atoms with Crippen molar-refractivity contribution in [3.63, 3.8) is 0 Å². The maximum Gasteiger partial charge on any atom is 0.417 e. The molecule has 11 aromatic rings. The molecule has 0 aliphatic carbocycles. The molecular weight excluding hydrogens is 1000 g/mol. The summed E-state index contributed by atoms with van der Waals surface area (Å²) in [6.07, 6.45) is -19.5. The molecule has 15 heteroatoms. The van der Waals surface area contributed by atoms with Gasteiger partial charge in [-0.25, -0.2) is 4.85 Å². The monoisotopic (exact) mass is 1040 g/mol. The van der Waals surface area contributed by atoms with Gasteiger partial charge in [0.25, 0.3) is 0 Å². The van der Waals surface area contributed by atoms with Gasteiger partial charge in [-0.2, -0.15) is 52.7 Å². The molecule has 0 aliphatic heterocycles. The zero-order valence-corrected chi connectivity index (χ0v) is 39.6. The zero-order valence-electron chi connectivity index (χ0n) is 39.6. The van der Waals surface area contributed by atoms with Crippen molar-refractivity contribution < 1.29 is 52.7 Å². The molecule has 0 radical (unpaired) electrons. The lowest BCUT2D eigenvalue weighted by Crippen LogP contribution is -2.12. The summed E-state index contributed by atoms with van der Waals surface area (Å²) in [6.45, 7) is 11.3. The van der Waals surface area contributed by atoms with Crippen LogP contribution in [-0.2, 0) is 24.7 Å². The van der Waals surface area contributed by atoms with E-state index in [-0.39, 0.29) is 22.9 Å². The van der Waals surface area contributed by atoms with Crippen molar-refractivity contribution in [2.24, 2.45) is 0 Å². The maximum absolute atomic E-state index is 14.6. The van der Waals surface area contributed by atoms with E-state index in [9.17, 15) is 52.7 Å². The maximum atomic E-state index is 14.6. The van der Waals surface area contributed by atoms with Crippen LogP contribution < -0.4 is 0 Å². The summed E-state index contributed by atoms with van der Waals surface area (Å²) in [6, 6.07) is 43.2. The standard InChI is InChI=1S/C61H35F12N3/c1-33-12-19-42(50(26-33)60(68,69)70)35-15-24-55-48(28-35)45-9-5-7-11-53(45)76(55)57-30-37(41-21-16-38(27-34(41)2)58(62,63)64)13-20-46(57)49-32-40(74-3)18-25-56(49)75-52-10-6-4-8-44(52)47-29-36(14-23-54(47)75)43-22-17-39(59(65,66)67)31-51(43)61(71,72)73/h4-32H,1-2H3. The molecular formula is C61H35F12N3. The molecule has 0 fully saturated rings. The fourth-order valence-electron chi connectivity index (χ4n) is 10.4. The first-order chi connectivity index (χ1) is 36.0. The van der Waals surface area contributed by atoms with Crippen LogP contribution in [0.5, 0.6) is 0 Å². The number of alkyl halides is 12. The van der Waals surface area contributed by atoms with Crippen molar-refractivity contribution in [2.45, 2.75) is 38.6 Å². The Morgan fingerprint density at radius 1 is 0.355 bits per heavy atom. The Balaban J connectivity index is 1.19. The first kappa shape index (κ1) is 49.4. The Labute approximate surface area is 424 Å². The summed E-state index contributed by atoms with van der Waals surface area (Å²) in [5.41, 5.74) is 1.32. The van der Waals surface area contributed by atoms with Crippen LogP contribution in [0.25, 0.3) is 104 Å². The third kappa shape index (κ3) is 8.47. The van der Waals surface area contributed by atoms with Gasteiger partial charge in [0.2, 0.25) is 0 Å². The second kappa shape index (κ2) is 17.7. The molecule has 9 aromatic carbocycles. The first-order valence-electron chi connectivity index (χ1n) is 23.4. The molecule has 11 rings (SSSR count). The molecule has 2 aromatic heterocycles. The highest BCUT2D eigenvalue weighted by molar-refractivity contribution is 6.13. The van der Waals surface area contributed by atoms with E-state index in [1.165, 1.54) is 24.3 Å². The summed E-state index contributed by atoms with van der Waals surface area (Å²) in [5, 5.41) is 2.28. The van der Waals surface area contributed by atoms with Crippen molar-refractivity contribution in [3.05, 3.63) is 221 Å². The van der Waals surface area contributed by atoms with Crippen molar-refractivity contribution in [3.8, 4) is 55.9 Å². The Hall–Kier alpha value is -8.77. The third-order valence-electron chi connectivity index (χ3n) is 13.8. The van der Waals surface area contributed by atoms with E-state index in [0.29, 0.717) is 100.0 Å². The molecule has 0 saturated heterocycles. The molecule has 0 saturated carbocycles. The predicted octanol–water partition coefficient (Wildman–Crippen LogP) is 19.8. The lowest BCUT2D eigenvalue weighted by atomic mass is 9.93. The summed E-state index contributed by atoms with van der Waals surface area (Å²) >= 11 is 0. The second-order valence-electron chi connectivity index (χ2n) is 18.5. The lowest BCUT2D eigenvalue weighted by Gasteiger charge is -2.21. The van der Waals surface area contributed by atoms with Gasteiger partial charge < -0.3 is 9.13 Å². The molecule has 0 unspecified atom stereocenters. The van der Waals surface area contributed by atoms with Crippen LogP contribution in [0.1, 0.15) is 33.4 Å². The third-order valence-corrected chi connectivity index (χ3v) is 13.8. The van der Waals surface area contributed by atoms with Gasteiger partial charge in [-0.05, 0) is 143 Å². The highest BCUT2D eigenvalue weighted by Crippen LogP contribution is 2.47. The molecule has 0 amide bonds. The van der Waals surface area contributed by atoms with Gasteiger partial charge in [0.1, 0.15) is 0 Å². The molecule has 378 valence electrons. The van der Waals surface area contributed by atoms with Gasteiger partial charge >= 0.3 is 24.7 Å². The highest BCUT2D eigenvalue weighted by Gasteiger charge is 2.39. The van der Waals surface area contributed by atoms with E-state index in [4.69, 9.17) is 6.57 Å². The summed E-state index contributed by atoms with van der Waals surface area (Å²) in [4.78, 5) is 3.76. The largest absolute Gasteiger partial charge is 0.417 e. The van der Waals surface area contributed by atoms with Crippen molar-refractivity contribution in [1.82, 2.24) is 9.13 Å². The summed E-state index contributed by atoms with van der Waals surface area (Å²) in [5.74, 6) is 0. The van der Waals surface area contributed by atoms with Crippen LogP contribution in [0.3, 0.4) is 0 Å². The molecule has 0 atom stereocenters. The molecule has 2 heterocycles. The van der Waals surface area contributed by atoms with Crippen molar-refractivity contribution in [2.75, 3.05) is 0 Å². The van der Waals surface area contributed by atoms with E-state index in [2.05, 4.69) is 4.85 Å². The number of halogens is 12.